The Kier molecular flexibility index (Phi) is 6.26. The Bertz CT molecular complexity index is 1090. The molecular formula is C22H21N3O5. The quantitative estimate of drug-likeness (QED) is 0.631. The van der Waals surface area contributed by atoms with Crippen molar-refractivity contribution in [1.82, 2.24) is 9.78 Å². The summed E-state index contributed by atoms with van der Waals surface area (Å²) in [6.07, 6.45) is 0. The Balaban J connectivity index is 1.68. The lowest BCUT2D eigenvalue weighted by atomic mass is 10.1. The lowest BCUT2D eigenvalue weighted by Crippen LogP contribution is -2.22. The van der Waals surface area contributed by atoms with Gasteiger partial charge in [-0.1, -0.05) is 30.3 Å². The summed E-state index contributed by atoms with van der Waals surface area (Å²) in [5.74, 6) is -1.97. The van der Waals surface area contributed by atoms with Gasteiger partial charge in [-0.15, -0.1) is 0 Å². The summed E-state index contributed by atoms with van der Waals surface area (Å²) in [6.45, 7) is 3.10. The highest BCUT2D eigenvalue weighted by molar-refractivity contribution is 6.04. The normalized spacial score (nSPS) is 10.4. The number of aromatic nitrogens is 2. The van der Waals surface area contributed by atoms with E-state index in [0.717, 1.165) is 11.4 Å². The minimum atomic E-state index is -0.792. The van der Waals surface area contributed by atoms with Crippen LogP contribution in [0.25, 0.3) is 5.69 Å². The van der Waals surface area contributed by atoms with Gasteiger partial charge in [-0.2, -0.15) is 5.10 Å². The molecule has 0 saturated heterocycles. The second-order valence-corrected chi connectivity index (χ2v) is 6.45. The van der Waals surface area contributed by atoms with Gasteiger partial charge in [0.2, 0.25) is 0 Å². The van der Waals surface area contributed by atoms with E-state index in [-0.39, 0.29) is 11.1 Å². The van der Waals surface area contributed by atoms with Crippen LogP contribution in [0, 0.1) is 13.8 Å². The molecule has 0 aliphatic rings. The number of para-hydroxylation sites is 1. The minimum Gasteiger partial charge on any atom is -0.465 e. The standard InChI is InChI=1S/C22H21N3O5/c1-14-20(15(2)25(24-14)16-9-5-4-6-10-16)23-19(26)13-30-22(28)18-12-8-7-11-17(18)21(27)29-3/h4-12H,13H2,1-3H3,(H,23,26). The number of hydrogen-bond acceptors (Lipinski definition) is 6. The Hall–Kier alpha value is -3.94. The van der Waals surface area contributed by atoms with Crippen molar-refractivity contribution in [3.8, 4) is 5.69 Å². The molecule has 0 unspecified atom stereocenters. The molecule has 3 aromatic rings. The predicted molar refractivity (Wildman–Crippen MR) is 110 cm³/mol. The molecule has 1 heterocycles. The van der Waals surface area contributed by atoms with E-state index in [1.165, 1.54) is 19.2 Å². The van der Waals surface area contributed by atoms with Crippen LogP contribution in [0.1, 0.15) is 32.1 Å². The maximum Gasteiger partial charge on any atom is 0.339 e. The van der Waals surface area contributed by atoms with Crippen LogP contribution in [-0.4, -0.2) is 41.3 Å². The second-order valence-electron chi connectivity index (χ2n) is 6.45. The van der Waals surface area contributed by atoms with E-state index in [2.05, 4.69) is 15.2 Å². The van der Waals surface area contributed by atoms with Gasteiger partial charge < -0.3 is 14.8 Å². The fraction of sp³-hybridized carbons (Fsp3) is 0.182. The van der Waals surface area contributed by atoms with Crippen LogP contribution in [0.4, 0.5) is 5.69 Å². The van der Waals surface area contributed by atoms with Crippen LogP contribution in [0.2, 0.25) is 0 Å². The van der Waals surface area contributed by atoms with E-state index in [1.807, 2.05) is 37.3 Å². The molecule has 0 saturated carbocycles. The molecule has 0 aliphatic heterocycles. The van der Waals surface area contributed by atoms with Gasteiger partial charge >= 0.3 is 11.9 Å². The molecule has 0 spiro atoms. The first-order chi connectivity index (χ1) is 14.4. The first-order valence-corrected chi connectivity index (χ1v) is 9.18. The van der Waals surface area contributed by atoms with Crippen molar-refractivity contribution in [2.75, 3.05) is 19.0 Å². The number of nitrogens with one attached hydrogen (secondary N) is 1. The lowest BCUT2D eigenvalue weighted by Gasteiger charge is -2.09. The largest absolute Gasteiger partial charge is 0.465 e. The number of anilines is 1. The third-order valence-corrected chi connectivity index (χ3v) is 4.44. The van der Waals surface area contributed by atoms with Crippen molar-refractivity contribution in [3.05, 3.63) is 77.1 Å². The molecule has 2 aromatic carbocycles. The number of ether oxygens (including phenoxy) is 2. The molecule has 8 heteroatoms. The smallest absolute Gasteiger partial charge is 0.339 e. The van der Waals surface area contributed by atoms with Crippen molar-refractivity contribution >= 4 is 23.5 Å². The van der Waals surface area contributed by atoms with Crippen molar-refractivity contribution in [2.24, 2.45) is 0 Å². The van der Waals surface area contributed by atoms with Crippen molar-refractivity contribution in [2.45, 2.75) is 13.8 Å². The number of aryl methyl sites for hydroxylation is 1. The van der Waals surface area contributed by atoms with Gasteiger partial charge in [0, 0.05) is 0 Å². The van der Waals surface area contributed by atoms with Gasteiger partial charge in [-0.3, -0.25) is 4.79 Å². The fourth-order valence-corrected chi connectivity index (χ4v) is 2.98. The molecule has 3 rings (SSSR count). The molecule has 1 aromatic heterocycles. The molecule has 1 amide bonds. The number of nitrogens with zero attached hydrogens (tertiary/aromatic N) is 2. The lowest BCUT2D eigenvalue weighted by molar-refractivity contribution is -0.119. The number of esters is 2. The molecule has 154 valence electrons. The molecule has 0 atom stereocenters. The summed E-state index contributed by atoms with van der Waals surface area (Å²) in [5, 5.41) is 7.19. The molecule has 8 nitrogen and oxygen atoms in total. The summed E-state index contributed by atoms with van der Waals surface area (Å²) in [4.78, 5) is 36.5. The molecule has 1 N–H and O–H groups in total. The molecular weight excluding hydrogens is 386 g/mol. The molecule has 0 fully saturated rings. The average molecular weight is 407 g/mol. The zero-order chi connectivity index (χ0) is 21.7. The number of carbonyl (C=O) groups excluding carboxylic acids is 3. The van der Waals surface area contributed by atoms with E-state index < -0.39 is 24.5 Å². The zero-order valence-electron chi connectivity index (χ0n) is 16.8. The van der Waals surface area contributed by atoms with E-state index >= 15 is 0 Å². The SMILES string of the molecule is COC(=O)c1ccccc1C(=O)OCC(=O)Nc1c(C)nn(-c2ccccc2)c1C. The highest BCUT2D eigenvalue weighted by Crippen LogP contribution is 2.22. The number of amides is 1. The van der Waals surface area contributed by atoms with Gasteiger partial charge in [-0.25, -0.2) is 14.3 Å². The van der Waals surface area contributed by atoms with Crippen molar-refractivity contribution in [1.29, 1.82) is 0 Å². The number of benzene rings is 2. The van der Waals surface area contributed by atoms with Crippen LogP contribution in [-0.2, 0) is 14.3 Å². The zero-order valence-corrected chi connectivity index (χ0v) is 16.8. The summed E-state index contributed by atoms with van der Waals surface area (Å²) >= 11 is 0. The van der Waals surface area contributed by atoms with Gasteiger partial charge in [0.05, 0.1) is 41.0 Å². The fourth-order valence-electron chi connectivity index (χ4n) is 2.98. The van der Waals surface area contributed by atoms with Crippen molar-refractivity contribution < 1.29 is 23.9 Å². The van der Waals surface area contributed by atoms with Crippen LogP contribution >= 0.6 is 0 Å². The average Bonchev–Trinajstić information content (AvgIpc) is 3.05. The number of hydrogen-bond donors (Lipinski definition) is 1. The molecule has 0 radical (unpaired) electrons. The first-order valence-electron chi connectivity index (χ1n) is 9.18. The van der Waals surface area contributed by atoms with Crippen LogP contribution in [0.5, 0.6) is 0 Å². The Morgan fingerprint density at radius 3 is 2.17 bits per heavy atom. The summed E-state index contributed by atoms with van der Waals surface area (Å²) in [6, 6.07) is 15.6. The molecule has 30 heavy (non-hydrogen) atoms. The summed E-state index contributed by atoms with van der Waals surface area (Å²) in [5.41, 5.74) is 2.89. The van der Waals surface area contributed by atoms with E-state index in [0.29, 0.717) is 11.4 Å². The topological polar surface area (TPSA) is 99.5 Å². The molecule has 0 bridgehead atoms. The van der Waals surface area contributed by atoms with Crippen molar-refractivity contribution in [3.63, 3.8) is 0 Å². The van der Waals surface area contributed by atoms with E-state index in [4.69, 9.17) is 4.74 Å². The number of rotatable bonds is 6. The van der Waals surface area contributed by atoms with Gasteiger partial charge in [-0.05, 0) is 38.1 Å². The maximum absolute atomic E-state index is 12.4. The maximum atomic E-state index is 12.4. The van der Waals surface area contributed by atoms with Crippen LogP contribution < -0.4 is 5.32 Å². The van der Waals surface area contributed by atoms with E-state index in [1.54, 1.807) is 23.7 Å². The summed E-state index contributed by atoms with van der Waals surface area (Å²) in [7, 11) is 1.22. The van der Waals surface area contributed by atoms with E-state index in [9.17, 15) is 14.4 Å². The third kappa shape index (κ3) is 4.38. The third-order valence-electron chi connectivity index (χ3n) is 4.44. The van der Waals surface area contributed by atoms with Gasteiger partial charge in [0.15, 0.2) is 6.61 Å². The van der Waals surface area contributed by atoms with Crippen LogP contribution in [0.3, 0.4) is 0 Å². The number of carbonyl (C=O) groups is 3. The highest BCUT2D eigenvalue weighted by atomic mass is 16.5. The summed E-state index contributed by atoms with van der Waals surface area (Å²) < 4.78 is 11.5. The van der Waals surface area contributed by atoms with Crippen LogP contribution in [0.15, 0.2) is 54.6 Å². The second kappa shape index (κ2) is 9.04. The Morgan fingerprint density at radius 2 is 1.53 bits per heavy atom. The first kappa shape index (κ1) is 20.8. The number of methoxy groups -OCH3 is 1. The highest BCUT2D eigenvalue weighted by Gasteiger charge is 2.20. The van der Waals surface area contributed by atoms with Gasteiger partial charge in [0.1, 0.15) is 0 Å². The Morgan fingerprint density at radius 1 is 0.933 bits per heavy atom. The monoisotopic (exact) mass is 407 g/mol. The minimum absolute atomic E-state index is 0.0291. The molecule has 0 aliphatic carbocycles. The van der Waals surface area contributed by atoms with Gasteiger partial charge in [0.25, 0.3) is 5.91 Å². The predicted octanol–water partition coefficient (Wildman–Crippen LogP) is 3.07. The Labute approximate surface area is 173 Å².